The van der Waals surface area contributed by atoms with E-state index in [-0.39, 0.29) is 19.7 Å². The molecule has 2 N–H and O–H groups in total. The molecule has 0 radical (unpaired) electrons. The van der Waals surface area contributed by atoms with Crippen molar-refractivity contribution >= 4 is 43.7 Å². The van der Waals surface area contributed by atoms with E-state index in [0.29, 0.717) is 6.54 Å². The molecule has 0 heterocycles. The molecule has 0 bridgehead atoms. The molecule has 2 rings (SSSR count). The Kier molecular flexibility index (Phi) is 5.02. The summed E-state index contributed by atoms with van der Waals surface area (Å²) >= 11 is 4.82. The maximum Gasteiger partial charge on any atom is 0.335 e. The zero-order chi connectivity index (χ0) is 15.7. The lowest BCUT2D eigenvalue weighted by atomic mass is 9.84. The number of sulfonamides is 1. The molecular weight excluding hydrogens is 378 g/mol. The fraction of sp³-hybridized carbons (Fsp3) is 0.462. The smallest absolute Gasteiger partial charge is 0.335 e. The Morgan fingerprint density at radius 3 is 2.57 bits per heavy atom. The van der Waals surface area contributed by atoms with Gasteiger partial charge in [0.15, 0.2) is 0 Å². The van der Waals surface area contributed by atoms with Crippen LogP contribution in [0.15, 0.2) is 27.6 Å². The molecule has 0 spiro atoms. The van der Waals surface area contributed by atoms with Crippen molar-refractivity contribution in [2.24, 2.45) is 0 Å². The highest BCUT2D eigenvalue weighted by Gasteiger charge is 2.37. The van der Waals surface area contributed by atoms with Gasteiger partial charge in [0.25, 0.3) is 0 Å². The van der Waals surface area contributed by atoms with E-state index in [2.05, 4.69) is 20.7 Å². The molecule has 0 amide bonds. The summed E-state index contributed by atoms with van der Waals surface area (Å²) in [5.41, 5.74) is 0.0420. The predicted molar refractivity (Wildman–Crippen MR) is 86.4 cm³/mol. The van der Waals surface area contributed by atoms with E-state index in [4.69, 9.17) is 5.11 Å². The highest BCUT2D eigenvalue weighted by atomic mass is 79.9. The monoisotopic (exact) mass is 393 g/mol. The number of carboxylic acid groups (broad SMARTS) is 1. The van der Waals surface area contributed by atoms with Gasteiger partial charge in [-0.25, -0.2) is 17.9 Å². The van der Waals surface area contributed by atoms with Crippen molar-refractivity contribution < 1.29 is 18.3 Å². The number of hydrogen-bond acceptors (Lipinski definition) is 4. The number of aromatic carboxylic acids is 1. The predicted octanol–water partition coefficient (Wildman–Crippen LogP) is 2.71. The first-order chi connectivity index (χ1) is 9.80. The minimum Gasteiger partial charge on any atom is -0.478 e. The molecule has 0 atom stereocenters. The lowest BCUT2D eigenvalue weighted by molar-refractivity contribution is 0.0696. The van der Waals surface area contributed by atoms with Gasteiger partial charge in [0.2, 0.25) is 10.0 Å². The molecule has 8 heteroatoms. The summed E-state index contributed by atoms with van der Waals surface area (Å²) in [6.45, 7) is 0.392. The Morgan fingerprint density at radius 1 is 1.48 bits per heavy atom. The molecule has 1 aliphatic rings. The third-order valence-electron chi connectivity index (χ3n) is 3.75. The van der Waals surface area contributed by atoms with Gasteiger partial charge in [-0.05, 0) is 53.2 Å². The zero-order valence-electron chi connectivity index (χ0n) is 11.4. The second-order valence-electron chi connectivity index (χ2n) is 5.02. The average molecular weight is 394 g/mol. The molecule has 0 unspecified atom stereocenters. The van der Waals surface area contributed by atoms with Gasteiger partial charge in [-0.1, -0.05) is 6.42 Å². The van der Waals surface area contributed by atoms with Crippen LogP contribution < -0.4 is 4.72 Å². The van der Waals surface area contributed by atoms with Crippen LogP contribution in [0.4, 0.5) is 0 Å². The number of benzene rings is 1. The summed E-state index contributed by atoms with van der Waals surface area (Å²) in [5, 5.41) is 8.90. The van der Waals surface area contributed by atoms with E-state index in [9.17, 15) is 13.2 Å². The minimum absolute atomic E-state index is 0.000547. The summed E-state index contributed by atoms with van der Waals surface area (Å²) in [6.07, 6.45) is 5.14. The van der Waals surface area contributed by atoms with Crippen molar-refractivity contribution in [3.8, 4) is 0 Å². The van der Waals surface area contributed by atoms with Crippen molar-refractivity contribution in [3.05, 3.63) is 28.2 Å². The Bertz CT molecular complexity index is 651. The van der Waals surface area contributed by atoms with Gasteiger partial charge < -0.3 is 5.11 Å². The van der Waals surface area contributed by atoms with E-state index in [0.717, 1.165) is 19.3 Å². The molecule has 0 aliphatic heterocycles. The molecule has 1 aromatic rings. The number of rotatable bonds is 6. The van der Waals surface area contributed by atoms with Crippen LogP contribution in [0.25, 0.3) is 0 Å². The van der Waals surface area contributed by atoms with Crippen LogP contribution in [0.1, 0.15) is 29.6 Å². The molecule has 0 saturated heterocycles. The van der Waals surface area contributed by atoms with Crippen molar-refractivity contribution in [1.82, 2.24) is 4.72 Å². The quantitative estimate of drug-likeness (QED) is 0.775. The van der Waals surface area contributed by atoms with E-state index in [1.807, 2.05) is 6.26 Å². The summed E-state index contributed by atoms with van der Waals surface area (Å²) in [5.74, 6) is -1.09. The maximum absolute atomic E-state index is 12.3. The van der Waals surface area contributed by atoms with Gasteiger partial charge in [-0.15, -0.1) is 0 Å². The molecule has 1 aromatic carbocycles. The summed E-state index contributed by atoms with van der Waals surface area (Å²) in [6, 6.07) is 3.89. The number of thioether (sulfide) groups is 1. The number of hydrogen-bond donors (Lipinski definition) is 2. The van der Waals surface area contributed by atoms with Crippen LogP contribution in [0.5, 0.6) is 0 Å². The molecule has 1 aliphatic carbocycles. The lowest BCUT2D eigenvalue weighted by Crippen LogP contribution is -2.45. The van der Waals surface area contributed by atoms with Crippen molar-refractivity contribution in [2.45, 2.75) is 28.9 Å². The second kappa shape index (κ2) is 6.28. The Labute approximate surface area is 136 Å². The number of halogens is 1. The van der Waals surface area contributed by atoms with Crippen LogP contribution in [-0.2, 0) is 10.0 Å². The molecule has 1 fully saturated rings. The highest BCUT2D eigenvalue weighted by Crippen LogP contribution is 2.42. The number of nitrogens with one attached hydrogen (secondary N) is 1. The Hall–Kier alpha value is -0.570. The van der Waals surface area contributed by atoms with Crippen LogP contribution in [0, 0.1) is 0 Å². The van der Waals surface area contributed by atoms with Crippen molar-refractivity contribution in [2.75, 3.05) is 12.8 Å². The van der Waals surface area contributed by atoms with E-state index < -0.39 is 16.0 Å². The third-order valence-corrected chi connectivity index (χ3v) is 7.55. The van der Waals surface area contributed by atoms with Gasteiger partial charge in [0.1, 0.15) is 0 Å². The average Bonchev–Trinajstić information content (AvgIpc) is 2.37. The van der Waals surface area contributed by atoms with Gasteiger partial charge >= 0.3 is 5.97 Å². The van der Waals surface area contributed by atoms with E-state index in [1.165, 1.54) is 18.2 Å². The molecule has 21 heavy (non-hydrogen) atoms. The molecule has 1 saturated carbocycles. The zero-order valence-corrected chi connectivity index (χ0v) is 14.6. The topological polar surface area (TPSA) is 83.5 Å². The molecule has 5 nitrogen and oxygen atoms in total. The van der Waals surface area contributed by atoms with Crippen LogP contribution in [0.2, 0.25) is 0 Å². The number of carbonyl (C=O) groups is 1. The van der Waals surface area contributed by atoms with Crippen molar-refractivity contribution in [3.63, 3.8) is 0 Å². The third kappa shape index (κ3) is 3.61. The second-order valence-corrected chi connectivity index (χ2v) is 8.88. The van der Waals surface area contributed by atoms with Crippen LogP contribution in [0.3, 0.4) is 0 Å². The van der Waals surface area contributed by atoms with Gasteiger partial charge in [-0.3, -0.25) is 0 Å². The normalized spacial score (nSPS) is 17.2. The Balaban J connectivity index is 2.18. The van der Waals surface area contributed by atoms with E-state index in [1.54, 1.807) is 11.8 Å². The summed E-state index contributed by atoms with van der Waals surface area (Å²) in [7, 11) is -3.66. The van der Waals surface area contributed by atoms with Crippen LogP contribution >= 0.6 is 27.7 Å². The fourth-order valence-corrected chi connectivity index (χ4v) is 5.39. The van der Waals surface area contributed by atoms with Gasteiger partial charge in [0, 0.05) is 15.8 Å². The first-order valence-electron chi connectivity index (χ1n) is 6.37. The lowest BCUT2D eigenvalue weighted by Gasteiger charge is -2.40. The van der Waals surface area contributed by atoms with Gasteiger partial charge in [-0.2, -0.15) is 11.8 Å². The Morgan fingerprint density at radius 2 is 2.14 bits per heavy atom. The first-order valence-corrected chi connectivity index (χ1v) is 9.87. The van der Waals surface area contributed by atoms with Crippen molar-refractivity contribution in [1.29, 1.82) is 0 Å². The molecule has 0 aromatic heterocycles. The SMILES string of the molecule is CSC1(CNS(=O)(=O)c2ccc(C(=O)O)cc2Br)CCC1. The van der Waals surface area contributed by atoms with E-state index >= 15 is 0 Å². The maximum atomic E-state index is 12.3. The largest absolute Gasteiger partial charge is 0.478 e. The number of carboxylic acids is 1. The summed E-state index contributed by atoms with van der Waals surface area (Å²) < 4.78 is 27.6. The van der Waals surface area contributed by atoms with Gasteiger partial charge in [0.05, 0.1) is 10.5 Å². The fourth-order valence-electron chi connectivity index (χ4n) is 2.18. The highest BCUT2D eigenvalue weighted by molar-refractivity contribution is 9.10. The summed E-state index contributed by atoms with van der Waals surface area (Å²) in [4.78, 5) is 10.9. The molecular formula is C13H16BrNO4S2. The minimum atomic E-state index is -3.66. The standard InChI is InChI=1S/C13H16BrNO4S2/c1-20-13(5-2-6-13)8-15-21(18,19)11-4-3-9(12(16)17)7-10(11)14/h3-4,7,15H,2,5-6,8H2,1H3,(H,16,17). The molecule has 116 valence electrons. The first kappa shape index (κ1) is 16.8. The van der Waals surface area contributed by atoms with Crippen LogP contribution in [-0.4, -0.2) is 37.0 Å².